The van der Waals surface area contributed by atoms with Crippen LogP contribution in [0.15, 0.2) is 52.9 Å². The normalized spacial score (nSPS) is 19.8. The van der Waals surface area contributed by atoms with E-state index in [1.165, 1.54) is 19.5 Å². The summed E-state index contributed by atoms with van der Waals surface area (Å²) in [7, 11) is -1.20. The molecule has 1 aliphatic carbocycles. The summed E-state index contributed by atoms with van der Waals surface area (Å²) in [6.07, 6.45) is 10.9. The topological polar surface area (TPSA) is 154 Å². The molecule has 2 aromatic rings. The predicted octanol–water partition coefficient (Wildman–Crippen LogP) is 1.99. The molecule has 12 nitrogen and oxygen atoms in total. The van der Waals surface area contributed by atoms with Gasteiger partial charge in [0.1, 0.15) is 0 Å². The van der Waals surface area contributed by atoms with Crippen LogP contribution in [-0.4, -0.2) is 83.5 Å². The molecule has 0 saturated carbocycles. The molecule has 204 valence electrons. The van der Waals surface area contributed by atoms with Crippen molar-refractivity contribution in [3.8, 4) is 6.07 Å². The number of piperidine rings is 1. The second kappa shape index (κ2) is 12.2. The second-order valence-electron chi connectivity index (χ2n) is 9.28. The average molecular weight is 563 g/mol. The Labute approximate surface area is 227 Å². The molecule has 3 heterocycles. The summed E-state index contributed by atoms with van der Waals surface area (Å²) in [5.41, 5.74) is 1.70. The number of hydrazine groups is 1. The first kappa shape index (κ1) is 29.4. The fourth-order valence-electron chi connectivity index (χ4n) is 4.73. The number of hydrogen-bond donors (Lipinski definition) is 1. The molecule has 1 atom stereocenters. The van der Waals surface area contributed by atoms with Gasteiger partial charge in [0.05, 0.1) is 39.2 Å². The van der Waals surface area contributed by atoms with Gasteiger partial charge in [-0.2, -0.15) is 10.4 Å². The first-order valence-corrected chi connectivity index (χ1v) is 13.4. The van der Waals surface area contributed by atoms with Crippen LogP contribution < -0.4 is 5.84 Å². The van der Waals surface area contributed by atoms with Crippen molar-refractivity contribution in [3.05, 3.63) is 74.1 Å². The third-order valence-corrected chi connectivity index (χ3v) is 8.43. The Morgan fingerprint density at radius 2 is 2.00 bits per heavy atom. The van der Waals surface area contributed by atoms with Crippen molar-refractivity contribution < 1.29 is 13.3 Å². The lowest BCUT2D eigenvalue weighted by atomic mass is 9.96. The smallest absolute Gasteiger partial charge is 0.270 e. The number of likely N-dealkylation sites (tertiary alicyclic amines) is 1. The zero-order valence-electron chi connectivity index (χ0n) is 21.2. The van der Waals surface area contributed by atoms with Crippen molar-refractivity contribution in [1.82, 2.24) is 23.8 Å². The minimum atomic E-state index is -4.20. The summed E-state index contributed by atoms with van der Waals surface area (Å²) in [5.74, 6) is 5.69. The van der Waals surface area contributed by atoms with E-state index in [9.17, 15) is 23.8 Å². The summed E-state index contributed by atoms with van der Waals surface area (Å²) >= 11 is 0. The molecular formula is C24H31ClN8O4S. The van der Waals surface area contributed by atoms with Gasteiger partial charge in [-0.25, -0.2) is 12.9 Å². The molecule has 1 unspecified atom stereocenters. The van der Waals surface area contributed by atoms with E-state index in [2.05, 4.69) is 16.1 Å². The largest absolute Gasteiger partial charge is 0.302 e. The van der Waals surface area contributed by atoms with Crippen LogP contribution in [0.1, 0.15) is 30.4 Å². The number of aromatic nitrogens is 2. The zero-order chi connectivity index (χ0) is 26.7. The molecule has 2 aliphatic rings. The Bertz CT molecular complexity index is 1430. The minimum Gasteiger partial charge on any atom is -0.302 e. The van der Waals surface area contributed by atoms with Crippen LogP contribution >= 0.6 is 12.4 Å². The molecule has 0 aromatic carbocycles. The van der Waals surface area contributed by atoms with Crippen LogP contribution in [0.25, 0.3) is 11.6 Å². The van der Waals surface area contributed by atoms with Gasteiger partial charge in [0.25, 0.3) is 15.7 Å². The van der Waals surface area contributed by atoms with E-state index in [0.717, 1.165) is 38.6 Å². The number of hydrogen-bond acceptors (Lipinski definition) is 9. The summed E-state index contributed by atoms with van der Waals surface area (Å²) in [6.45, 7) is 3.25. The lowest BCUT2D eigenvalue weighted by Crippen LogP contribution is -2.46. The van der Waals surface area contributed by atoms with Gasteiger partial charge in [0, 0.05) is 44.0 Å². The van der Waals surface area contributed by atoms with E-state index in [4.69, 9.17) is 5.84 Å². The number of nitro groups is 1. The predicted molar refractivity (Wildman–Crippen MR) is 146 cm³/mol. The minimum absolute atomic E-state index is 0. The molecular weight excluding hydrogens is 532 g/mol. The lowest BCUT2D eigenvalue weighted by molar-refractivity contribution is -0.419. The third-order valence-electron chi connectivity index (χ3n) is 6.74. The standard InChI is InChI=1S/C24H30N8O4S.ClH/c1-28(10-11-30-7-4-3-5-8-30)24-19(13-20-17-27-31-9-6-18(16-25)12-22(20)31)14-21(32(33)34)15-23(24)37(35,36)29(2)26;/h6,9,12-15,17,24H,3-5,7-8,10-11,26H2,1-2H3;1H. The third kappa shape index (κ3) is 6.12. The van der Waals surface area contributed by atoms with Crippen LogP contribution in [0.5, 0.6) is 0 Å². The van der Waals surface area contributed by atoms with Gasteiger partial charge in [-0.05, 0) is 56.8 Å². The molecule has 14 heteroatoms. The maximum Gasteiger partial charge on any atom is 0.270 e. The Morgan fingerprint density at radius 3 is 2.63 bits per heavy atom. The van der Waals surface area contributed by atoms with Crippen molar-refractivity contribution in [2.24, 2.45) is 5.84 Å². The van der Waals surface area contributed by atoms with Gasteiger partial charge in [-0.15, -0.1) is 16.8 Å². The van der Waals surface area contributed by atoms with E-state index in [1.54, 1.807) is 42.2 Å². The molecule has 1 fully saturated rings. The van der Waals surface area contributed by atoms with Crippen LogP contribution in [0, 0.1) is 21.4 Å². The molecule has 2 N–H and O–H groups in total. The molecule has 0 bridgehead atoms. The van der Waals surface area contributed by atoms with Crippen molar-refractivity contribution in [2.45, 2.75) is 25.3 Å². The highest BCUT2D eigenvalue weighted by Gasteiger charge is 2.38. The molecule has 0 amide bonds. The zero-order valence-corrected chi connectivity index (χ0v) is 22.9. The molecule has 2 aromatic heterocycles. The van der Waals surface area contributed by atoms with E-state index in [-0.39, 0.29) is 23.0 Å². The summed E-state index contributed by atoms with van der Waals surface area (Å²) < 4.78 is 28.7. The van der Waals surface area contributed by atoms with Gasteiger partial charge >= 0.3 is 0 Å². The van der Waals surface area contributed by atoms with Crippen molar-refractivity contribution >= 4 is 34.0 Å². The van der Waals surface area contributed by atoms with E-state index in [1.807, 2.05) is 4.90 Å². The Kier molecular flexibility index (Phi) is 9.42. The quantitative estimate of drug-likeness (QED) is 0.289. The van der Waals surface area contributed by atoms with Crippen LogP contribution in [0.3, 0.4) is 0 Å². The lowest BCUT2D eigenvalue weighted by Gasteiger charge is -2.35. The molecule has 0 radical (unpaired) electrons. The molecule has 1 saturated heterocycles. The Hall–Kier alpha value is -3.12. The van der Waals surface area contributed by atoms with Crippen molar-refractivity contribution in [2.75, 3.05) is 40.3 Å². The number of nitrogens with zero attached hydrogens (tertiary/aromatic N) is 7. The van der Waals surface area contributed by atoms with Crippen molar-refractivity contribution in [3.63, 3.8) is 0 Å². The number of allylic oxidation sites excluding steroid dienone is 1. The number of rotatable bonds is 8. The maximum absolute atomic E-state index is 13.3. The molecule has 1 aliphatic heterocycles. The fourth-order valence-corrected chi connectivity index (χ4v) is 5.93. The number of nitriles is 1. The van der Waals surface area contributed by atoms with Crippen LogP contribution in [-0.2, 0) is 10.0 Å². The highest BCUT2D eigenvalue weighted by Crippen LogP contribution is 2.33. The SMILES string of the molecule is CN(CCN1CCCCC1)C1C(=Cc2cnn3ccc(C#N)cc23)C=C([N+](=O)[O-])C=C1S(=O)(=O)N(C)N.Cl. The summed E-state index contributed by atoms with van der Waals surface area (Å²) in [5, 5.41) is 25.4. The molecule has 38 heavy (non-hydrogen) atoms. The van der Waals surface area contributed by atoms with Gasteiger partial charge < -0.3 is 4.90 Å². The average Bonchev–Trinajstić information content (AvgIpc) is 3.28. The van der Waals surface area contributed by atoms with Gasteiger partial charge in [0.15, 0.2) is 0 Å². The maximum atomic E-state index is 13.3. The first-order chi connectivity index (χ1) is 17.6. The van der Waals surface area contributed by atoms with Gasteiger partial charge in [-0.1, -0.05) is 6.42 Å². The van der Waals surface area contributed by atoms with Crippen molar-refractivity contribution in [1.29, 1.82) is 5.26 Å². The molecule has 0 spiro atoms. The first-order valence-electron chi connectivity index (χ1n) is 11.9. The van der Waals surface area contributed by atoms with Crippen LogP contribution in [0.4, 0.5) is 0 Å². The summed E-state index contributed by atoms with van der Waals surface area (Å²) in [4.78, 5) is 15.2. The second-order valence-corrected chi connectivity index (χ2v) is 11.3. The number of sulfonamides is 1. The number of fused-ring (bicyclic) bond motifs is 1. The van der Waals surface area contributed by atoms with Gasteiger partial charge in [0.2, 0.25) is 0 Å². The highest BCUT2D eigenvalue weighted by molar-refractivity contribution is 7.93. The van der Waals surface area contributed by atoms with Crippen LogP contribution in [0.2, 0.25) is 0 Å². The number of halogens is 1. The highest BCUT2D eigenvalue weighted by atomic mass is 35.5. The number of pyridine rings is 1. The number of nitrogens with two attached hydrogens (primary N) is 1. The summed E-state index contributed by atoms with van der Waals surface area (Å²) in [6, 6.07) is 4.56. The van der Waals surface area contributed by atoms with E-state index >= 15 is 0 Å². The Morgan fingerprint density at radius 1 is 1.29 bits per heavy atom. The number of likely N-dealkylation sites (N-methyl/N-ethyl adjacent to an activating group) is 1. The molecule has 4 rings (SSSR count). The monoisotopic (exact) mass is 562 g/mol. The fraction of sp³-hybridized carbons (Fsp3) is 0.417. The van der Waals surface area contributed by atoms with E-state index < -0.39 is 21.0 Å². The van der Waals surface area contributed by atoms with Gasteiger partial charge in [-0.3, -0.25) is 20.9 Å². The van der Waals surface area contributed by atoms with E-state index in [0.29, 0.717) is 33.2 Å². The Balaban J connectivity index is 0.00000400.